The second-order valence-electron chi connectivity index (χ2n) is 5.19. The second-order valence-corrected chi connectivity index (χ2v) is 5.19. The van der Waals surface area contributed by atoms with Gasteiger partial charge in [0.1, 0.15) is 6.10 Å². The highest BCUT2D eigenvalue weighted by Gasteiger charge is 2.22. The highest BCUT2D eigenvalue weighted by atomic mass is 16.7. The summed E-state index contributed by atoms with van der Waals surface area (Å²) in [6.07, 6.45) is -0.312. The van der Waals surface area contributed by atoms with E-state index in [0.29, 0.717) is 23.0 Å². The molecule has 1 aliphatic heterocycles. The quantitative estimate of drug-likeness (QED) is 0.810. The van der Waals surface area contributed by atoms with Gasteiger partial charge in [-0.05, 0) is 35.4 Å². The lowest BCUT2D eigenvalue weighted by atomic mass is 10.00. The van der Waals surface area contributed by atoms with Crippen LogP contribution in [0.1, 0.15) is 17.2 Å². The molecule has 0 spiro atoms. The molecule has 0 aliphatic carbocycles. The third-order valence-corrected chi connectivity index (χ3v) is 3.92. The number of hydrogen-bond acceptors (Lipinski definition) is 6. The van der Waals surface area contributed by atoms with E-state index >= 15 is 0 Å². The summed E-state index contributed by atoms with van der Waals surface area (Å²) >= 11 is 0. The van der Waals surface area contributed by atoms with Crippen molar-refractivity contribution in [2.75, 3.05) is 35.2 Å². The van der Waals surface area contributed by atoms with Crippen molar-refractivity contribution in [1.29, 1.82) is 0 Å². The highest BCUT2D eigenvalue weighted by molar-refractivity contribution is 5.56. The van der Waals surface area contributed by atoms with Crippen LogP contribution < -0.4 is 23.7 Å². The summed E-state index contributed by atoms with van der Waals surface area (Å²) in [5, 5.41) is 0. The van der Waals surface area contributed by atoms with Crippen molar-refractivity contribution in [2.24, 2.45) is 0 Å². The fraction of sp³-hybridized carbons (Fsp3) is 0.333. The first-order chi connectivity index (χ1) is 11.7. The number of fused-ring (bicyclic) bond motifs is 1. The Morgan fingerprint density at radius 2 is 1.46 bits per heavy atom. The largest absolute Gasteiger partial charge is 0.493 e. The van der Waals surface area contributed by atoms with Gasteiger partial charge < -0.3 is 28.4 Å². The van der Waals surface area contributed by atoms with Gasteiger partial charge in [0.15, 0.2) is 23.0 Å². The topological polar surface area (TPSA) is 55.4 Å². The van der Waals surface area contributed by atoms with Crippen molar-refractivity contribution < 1.29 is 28.4 Å². The predicted molar refractivity (Wildman–Crippen MR) is 87.5 cm³/mol. The molecule has 1 unspecified atom stereocenters. The molecule has 0 saturated heterocycles. The zero-order valence-corrected chi connectivity index (χ0v) is 14.1. The highest BCUT2D eigenvalue weighted by Crippen LogP contribution is 2.42. The molecule has 2 aromatic rings. The Morgan fingerprint density at radius 1 is 0.792 bits per heavy atom. The van der Waals surface area contributed by atoms with E-state index in [4.69, 9.17) is 28.4 Å². The van der Waals surface area contributed by atoms with Crippen molar-refractivity contribution in [3.05, 3.63) is 41.5 Å². The Balaban J connectivity index is 2.04. The Kier molecular flexibility index (Phi) is 4.66. The zero-order chi connectivity index (χ0) is 17.1. The standard InChI is InChI=1S/C18H20O6/c1-19-15-8-12(9-16(20-2)18(15)22-4)17(21-3)11-5-6-13-14(7-11)24-10-23-13/h5-9,17H,10H2,1-4H3. The minimum Gasteiger partial charge on any atom is -0.493 e. The predicted octanol–water partition coefficient (Wildman–Crippen LogP) is 3.18. The zero-order valence-electron chi connectivity index (χ0n) is 14.1. The van der Waals surface area contributed by atoms with Gasteiger partial charge in [0.25, 0.3) is 0 Å². The lowest BCUT2D eigenvalue weighted by Crippen LogP contribution is -2.05. The van der Waals surface area contributed by atoms with Crippen LogP contribution in [0.25, 0.3) is 0 Å². The maximum atomic E-state index is 5.71. The van der Waals surface area contributed by atoms with Gasteiger partial charge in [-0.15, -0.1) is 0 Å². The van der Waals surface area contributed by atoms with Crippen LogP contribution in [-0.4, -0.2) is 35.2 Å². The van der Waals surface area contributed by atoms with E-state index in [1.54, 1.807) is 28.4 Å². The summed E-state index contributed by atoms with van der Waals surface area (Å²) in [4.78, 5) is 0. The van der Waals surface area contributed by atoms with Crippen LogP contribution in [-0.2, 0) is 4.74 Å². The molecule has 128 valence electrons. The average Bonchev–Trinajstić information content (AvgIpc) is 3.09. The minimum absolute atomic E-state index is 0.237. The molecule has 0 bridgehead atoms. The molecule has 0 amide bonds. The Labute approximate surface area is 140 Å². The summed E-state index contributed by atoms with van der Waals surface area (Å²) in [5.41, 5.74) is 1.82. The van der Waals surface area contributed by atoms with Gasteiger partial charge >= 0.3 is 0 Å². The summed E-state index contributed by atoms with van der Waals surface area (Å²) in [7, 11) is 6.40. The molecule has 1 aliphatic rings. The van der Waals surface area contributed by atoms with E-state index in [9.17, 15) is 0 Å². The van der Waals surface area contributed by atoms with Gasteiger partial charge in [-0.1, -0.05) is 6.07 Å². The molecule has 2 aromatic carbocycles. The molecule has 0 aromatic heterocycles. The number of rotatable bonds is 6. The van der Waals surface area contributed by atoms with E-state index in [1.807, 2.05) is 30.3 Å². The molecule has 0 radical (unpaired) electrons. The molecule has 1 heterocycles. The maximum Gasteiger partial charge on any atom is 0.231 e. The number of hydrogen-bond donors (Lipinski definition) is 0. The number of benzene rings is 2. The van der Waals surface area contributed by atoms with Gasteiger partial charge in [-0.25, -0.2) is 0 Å². The SMILES string of the molecule is COc1cc(C(OC)c2ccc3c(c2)OCO3)cc(OC)c1OC. The normalized spacial score (nSPS) is 13.5. The van der Waals surface area contributed by atoms with Gasteiger partial charge in [-0.3, -0.25) is 0 Å². The minimum atomic E-state index is -0.312. The van der Waals surface area contributed by atoms with Crippen LogP contribution in [0.3, 0.4) is 0 Å². The number of ether oxygens (including phenoxy) is 6. The fourth-order valence-electron chi connectivity index (χ4n) is 2.79. The molecule has 3 rings (SSSR count). The third-order valence-electron chi connectivity index (χ3n) is 3.92. The summed E-state index contributed by atoms with van der Waals surface area (Å²) in [6, 6.07) is 9.49. The molecule has 6 nitrogen and oxygen atoms in total. The monoisotopic (exact) mass is 332 g/mol. The fourth-order valence-corrected chi connectivity index (χ4v) is 2.79. The Morgan fingerprint density at radius 3 is 2.04 bits per heavy atom. The number of methoxy groups -OCH3 is 4. The lowest BCUT2D eigenvalue weighted by Gasteiger charge is -2.20. The van der Waals surface area contributed by atoms with Crippen LogP contribution in [0.15, 0.2) is 30.3 Å². The van der Waals surface area contributed by atoms with E-state index in [-0.39, 0.29) is 12.9 Å². The van der Waals surface area contributed by atoms with Crippen molar-refractivity contribution >= 4 is 0 Å². The van der Waals surface area contributed by atoms with Crippen LogP contribution in [0.4, 0.5) is 0 Å². The first-order valence-corrected chi connectivity index (χ1v) is 7.44. The molecule has 0 fully saturated rings. The molecule has 6 heteroatoms. The molecular weight excluding hydrogens is 312 g/mol. The van der Waals surface area contributed by atoms with E-state index in [2.05, 4.69) is 0 Å². The maximum absolute atomic E-state index is 5.71. The summed E-state index contributed by atoms with van der Waals surface area (Å²) in [5.74, 6) is 3.15. The lowest BCUT2D eigenvalue weighted by molar-refractivity contribution is 0.135. The van der Waals surface area contributed by atoms with Gasteiger partial charge in [0.05, 0.1) is 21.3 Å². The first kappa shape index (κ1) is 16.3. The van der Waals surface area contributed by atoms with Crippen molar-refractivity contribution in [3.8, 4) is 28.7 Å². The van der Waals surface area contributed by atoms with Gasteiger partial charge in [-0.2, -0.15) is 0 Å². The van der Waals surface area contributed by atoms with E-state index in [1.165, 1.54) is 0 Å². The molecule has 0 N–H and O–H groups in total. The summed E-state index contributed by atoms with van der Waals surface area (Å²) < 4.78 is 32.7. The van der Waals surface area contributed by atoms with Crippen LogP contribution in [0.2, 0.25) is 0 Å². The Bertz CT molecular complexity index is 702. The van der Waals surface area contributed by atoms with Crippen molar-refractivity contribution in [1.82, 2.24) is 0 Å². The van der Waals surface area contributed by atoms with Crippen LogP contribution in [0, 0.1) is 0 Å². The van der Waals surface area contributed by atoms with E-state index < -0.39 is 0 Å². The van der Waals surface area contributed by atoms with Crippen molar-refractivity contribution in [3.63, 3.8) is 0 Å². The van der Waals surface area contributed by atoms with Gasteiger partial charge in [0, 0.05) is 7.11 Å². The molecular formula is C18H20O6. The summed E-state index contributed by atoms with van der Waals surface area (Å²) in [6.45, 7) is 0.237. The third kappa shape index (κ3) is 2.80. The van der Waals surface area contributed by atoms with E-state index in [0.717, 1.165) is 16.9 Å². The van der Waals surface area contributed by atoms with Gasteiger partial charge in [0.2, 0.25) is 12.5 Å². The smallest absolute Gasteiger partial charge is 0.231 e. The van der Waals surface area contributed by atoms with Crippen LogP contribution >= 0.6 is 0 Å². The molecule has 24 heavy (non-hydrogen) atoms. The second kappa shape index (κ2) is 6.88. The molecule has 1 atom stereocenters. The first-order valence-electron chi connectivity index (χ1n) is 7.44. The molecule has 0 saturated carbocycles. The Hall–Kier alpha value is -2.60. The van der Waals surface area contributed by atoms with Crippen LogP contribution in [0.5, 0.6) is 28.7 Å². The average molecular weight is 332 g/mol. The van der Waals surface area contributed by atoms with Crippen molar-refractivity contribution in [2.45, 2.75) is 6.10 Å².